The van der Waals surface area contributed by atoms with Crippen molar-refractivity contribution in [2.75, 3.05) is 19.5 Å². The number of carbonyl (C=O) groups is 3. The maximum atomic E-state index is 12.5. The van der Waals surface area contributed by atoms with Gasteiger partial charge in [-0.1, -0.05) is 30.3 Å². The molecule has 0 heterocycles. The summed E-state index contributed by atoms with van der Waals surface area (Å²) in [6.07, 6.45) is 0.774. The molecule has 2 atom stereocenters. The van der Waals surface area contributed by atoms with E-state index in [2.05, 4.69) is 5.32 Å². The molecule has 2 aromatic carbocycles. The van der Waals surface area contributed by atoms with Gasteiger partial charge in [-0.2, -0.15) is 0 Å². The third-order valence-corrected chi connectivity index (χ3v) is 4.40. The Bertz CT molecular complexity index is 812. The Balaban J connectivity index is 1.77. The van der Waals surface area contributed by atoms with Crippen LogP contribution in [0, 0.1) is 5.92 Å². The molecule has 1 N–H and O–H groups in total. The number of ether oxygens (including phenoxy) is 2. The Morgan fingerprint density at radius 2 is 1.50 bits per heavy atom. The zero-order valence-corrected chi connectivity index (χ0v) is 14.5. The number of rotatable bonds is 5. The van der Waals surface area contributed by atoms with E-state index in [4.69, 9.17) is 9.47 Å². The van der Waals surface area contributed by atoms with Crippen molar-refractivity contribution in [1.82, 2.24) is 0 Å². The second-order valence-electron chi connectivity index (χ2n) is 6.13. The van der Waals surface area contributed by atoms with Gasteiger partial charge in [0.25, 0.3) is 0 Å². The number of hydrogen-bond donors (Lipinski definition) is 1. The fraction of sp³-hybridized carbons (Fsp3) is 0.250. The standard InChI is InChI=1S/C20H19NO5/c1-25-19(23)13-8-14(20(24)26-2)10-15(9-13)21-18(22)17-11-16(17)12-6-4-3-5-7-12/h3-10,16-17H,11H2,1-2H3,(H,21,22). The van der Waals surface area contributed by atoms with Gasteiger partial charge in [-0.25, -0.2) is 9.59 Å². The summed E-state index contributed by atoms with van der Waals surface area (Å²) < 4.78 is 9.39. The molecule has 1 amide bonds. The van der Waals surface area contributed by atoms with E-state index in [1.54, 1.807) is 0 Å². The van der Waals surface area contributed by atoms with Crippen LogP contribution < -0.4 is 5.32 Å². The van der Waals surface area contributed by atoms with Crippen LogP contribution >= 0.6 is 0 Å². The van der Waals surface area contributed by atoms with E-state index in [9.17, 15) is 14.4 Å². The summed E-state index contributed by atoms with van der Waals surface area (Å²) >= 11 is 0. The van der Waals surface area contributed by atoms with Crippen LogP contribution in [0.1, 0.15) is 38.6 Å². The first kappa shape index (κ1) is 17.7. The predicted octanol–water partition coefficient (Wildman–Crippen LogP) is 3.00. The Morgan fingerprint density at radius 1 is 0.923 bits per heavy atom. The number of amides is 1. The Hall–Kier alpha value is -3.15. The van der Waals surface area contributed by atoms with E-state index < -0.39 is 11.9 Å². The molecule has 0 saturated heterocycles. The average Bonchev–Trinajstić information content (AvgIpc) is 3.48. The van der Waals surface area contributed by atoms with Crippen molar-refractivity contribution in [3.05, 3.63) is 65.2 Å². The number of esters is 2. The van der Waals surface area contributed by atoms with Gasteiger partial charge in [-0.15, -0.1) is 0 Å². The zero-order chi connectivity index (χ0) is 18.7. The van der Waals surface area contributed by atoms with Crippen LogP contribution in [-0.4, -0.2) is 32.1 Å². The van der Waals surface area contributed by atoms with Crippen LogP contribution in [0.5, 0.6) is 0 Å². The zero-order valence-electron chi connectivity index (χ0n) is 14.5. The lowest BCUT2D eigenvalue weighted by Gasteiger charge is -2.09. The minimum atomic E-state index is -0.597. The van der Waals surface area contributed by atoms with Crippen molar-refractivity contribution < 1.29 is 23.9 Å². The number of carbonyl (C=O) groups excluding carboxylic acids is 3. The molecular formula is C20H19NO5. The van der Waals surface area contributed by atoms with E-state index in [1.807, 2.05) is 30.3 Å². The summed E-state index contributed by atoms with van der Waals surface area (Å²) in [6, 6.07) is 14.2. The summed E-state index contributed by atoms with van der Waals surface area (Å²) in [5, 5.41) is 2.79. The van der Waals surface area contributed by atoms with Gasteiger partial charge in [0, 0.05) is 11.6 Å². The molecule has 134 valence electrons. The molecule has 0 aromatic heterocycles. The highest BCUT2D eigenvalue weighted by molar-refractivity contribution is 6.00. The molecule has 0 aliphatic heterocycles. The lowest BCUT2D eigenvalue weighted by molar-refractivity contribution is -0.117. The third-order valence-electron chi connectivity index (χ3n) is 4.40. The molecule has 1 aliphatic rings. The van der Waals surface area contributed by atoms with Crippen LogP contribution in [0.2, 0.25) is 0 Å². The van der Waals surface area contributed by atoms with Crippen LogP contribution in [0.15, 0.2) is 48.5 Å². The van der Waals surface area contributed by atoms with Gasteiger partial charge >= 0.3 is 11.9 Å². The molecule has 6 heteroatoms. The summed E-state index contributed by atoms with van der Waals surface area (Å²) in [6.45, 7) is 0. The summed E-state index contributed by atoms with van der Waals surface area (Å²) in [7, 11) is 2.50. The van der Waals surface area contributed by atoms with Crippen molar-refractivity contribution in [2.45, 2.75) is 12.3 Å². The first-order valence-electron chi connectivity index (χ1n) is 8.21. The maximum absolute atomic E-state index is 12.5. The van der Waals surface area contributed by atoms with E-state index in [0.29, 0.717) is 5.69 Å². The van der Waals surface area contributed by atoms with Crippen molar-refractivity contribution in [1.29, 1.82) is 0 Å². The minimum absolute atomic E-state index is 0.124. The lowest BCUT2D eigenvalue weighted by atomic mass is 10.1. The monoisotopic (exact) mass is 353 g/mol. The van der Waals surface area contributed by atoms with Gasteiger partial charge in [0.2, 0.25) is 5.91 Å². The van der Waals surface area contributed by atoms with E-state index in [-0.39, 0.29) is 28.9 Å². The van der Waals surface area contributed by atoms with Crippen molar-refractivity contribution in [2.24, 2.45) is 5.92 Å². The van der Waals surface area contributed by atoms with Crippen LogP contribution in [0.4, 0.5) is 5.69 Å². The molecule has 0 bridgehead atoms. The molecule has 1 saturated carbocycles. The molecule has 26 heavy (non-hydrogen) atoms. The highest BCUT2D eigenvalue weighted by atomic mass is 16.5. The summed E-state index contributed by atoms with van der Waals surface area (Å²) in [5.74, 6) is -1.27. The number of methoxy groups -OCH3 is 2. The molecule has 3 rings (SSSR count). The second kappa shape index (κ2) is 7.39. The van der Waals surface area contributed by atoms with Gasteiger partial charge in [-0.05, 0) is 36.1 Å². The second-order valence-corrected chi connectivity index (χ2v) is 6.13. The summed E-state index contributed by atoms with van der Waals surface area (Å²) in [4.78, 5) is 36.1. The quantitative estimate of drug-likeness (QED) is 0.836. The highest BCUT2D eigenvalue weighted by Crippen LogP contribution is 2.47. The molecule has 0 spiro atoms. The fourth-order valence-corrected chi connectivity index (χ4v) is 2.96. The number of anilines is 1. The van der Waals surface area contributed by atoms with E-state index in [1.165, 1.54) is 32.4 Å². The van der Waals surface area contributed by atoms with Crippen LogP contribution in [-0.2, 0) is 14.3 Å². The number of hydrogen-bond acceptors (Lipinski definition) is 5. The Labute approximate surface area is 151 Å². The van der Waals surface area contributed by atoms with Crippen molar-refractivity contribution in [3.63, 3.8) is 0 Å². The number of nitrogens with one attached hydrogen (secondary N) is 1. The minimum Gasteiger partial charge on any atom is -0.465 e. The smallest absolute Gasteiger partial charge is 0.337 e. The molecule has 1 aliphatic carbocycles. The molecule has 2 aromatic rings. The van der Waals surface area contributed by atoms with Gasteiger partial charge in [0.1, 0.15) is 0 Å². The summed E-state index contributed by atoms with van der Waals surface area (Å²) in [5.41, 5.74) is 1.82. The fourth-order valence-electron chi connectivity index (χ4n) is 2.96. The topological polar surface area (TPSA) is 81.7 Å². The SMILES string of the molecule is COC(=O)c1cc(NC(=O)C2CC2c2ccccc2)cc(C(=O)OC)c1. The third kappa shape index (κ3) is 3.74. The number of benzene rings is 2. The molecule has 2 unspecified atom stereocenters. The van der Waals surface area contributed by atoms with Gasteiger partial charge in [-0.3, -0.25) is 4.79 Å². The largest absolute Gasteiger partial charge is 0.465 e. The normalized spacial score (nSPS) is 17.9. The van der Waals surface area contributed by atoms with E-state index in [0.717, 1.165) is 12.0 Å². The molecular weight excluding hydrogens is 334 g/mol. The van der Waals surface area contributed by atoms with Crippen LogP contribution in [0.25, 0.3) is 0 Å². The van der Waals surface area contributed by atoms with E-state index >= 15 is 0 Å². The average molecular weight is 353 g/mol. The molecule has 0 radical (unpaired) electrons. The van der Waals surface area contributed by atoms with Gasteiger partial charge in [0.15, 0.2) is 0 Å². The van der Waals surface area contributed by atoms with Gasteiger partial charge in [0.05, 0.1) is 25.3 Å². The Morgan fingerprint density at radius 3 is 2.04 bits per heavy atom. The molecule has 1 fully saturated rings. The van der Waals surface area contributed by atoms with Gasteiger partial charge < -0.3 is 14.8 Å². The van der Waals surface area contributed by atoms with Crippen molar-refractivity contribution >= 4 is 23.5 Å². The Kier molecular flexibility index (Phi) is 5.02. The first-order valence-corrected chi connectivity index (χ1v) is 8.21. The molecule has 6 nitrogen and oxygen atoms in total. The maximum Gasteiger partial charge on any atom is 0.337 e. The van der Waals surface area contributed by atoms with Crippen LogP contribution in [0.3, 0.4) is 0 Å². The predicted molar refractivity (Wildman–Crippen MR) is 95.0 cm³/mol. The lowest BCUT2D eigenvalue weighted by Crippen LogP contribution is -2.16. The van der Waals surface area contributed by atoms with Crippen molar-refractivity contribution in [3.8, 4) is 0 Å². The highest BCUT2D eigenvalue weighted by Gasteiger charge is 2.43. The first-order chi connectivity index (χ1) is 12.5.